The van der Waals surface area contributed by atoms with E-state index < -0.39 is 0 Å². The molecule has 20 heavy (non-hydrogen) atoms. The third kappa shape index (κ3) is 2.72. The van der Waals surface area contributed by atoms with Gasteiger partial charge in [-0.05, 0) is 13.8 Å². The van der Waals surface area contributed by atoms with E-state index in [0.717, 1.165) is 11.3 Å². The van der Waals surface area contributed by atoms with E-state index in [9.17, 15) is 0 Å². The van der Waals surface area contributed by atoms with Crippen LogP contribution in [-0.4, -0.2) is 19.7 Å². The van der Waals surface area contributed by atoms with Crippen LogP contribution in [0.5, 0.6) is 11.8 Å². The molecule has 0 atom stereocenters. The summed E-state index contributed by atoms with van der Waals surface area (Å²) in [6, 6.07) is 1.85. The van der Waals surface area contributed by atoms with Crippen LogP contribution in [0, 0.1) is 13.8 Å². The lowest BCUT2D eigenvalue weighted by Crippen LogP contribution is -2.14. The summed E-state index contributed by atoms with van der Waals surface area (Å²) in [7, 11) is 1.82. The van der Waals surface area contributed by atoms with Gasteiger partial charge in [-0.1, -0.05) is 13.8 Å². The monoisotopic (exact) mass is 276 g/mol. The Labute approximate surface area is 118 Å². The van der Waals surface area contributed by atoms with Crippen molar-refractivity contribution in [3.8, 4) is 11.8 Å². The molecule has 0 spiro atoms. The third-order valence-corrected chi connectivity index (χ3v) is 2.93. The molecule has 0 unspecified atom stereocenters. The van der Waals surface area contributed by atoms with Crippen LogP contribution in [0.3, 0.4) is 0 Å². The zero-order valence-electron chi connectivity index (χ0n) is 12.4. The number of hydrogen-bond donors (Lipinski definition) is 2. The molecule has 0 bridgehead atoms. The number of anilines is 1. The normalized spacial score (nSPS) is 10.9. The molecule has 0 aliphatic carbocycles. The predicted octanol–water partition coefficient (Wildman–Crippen LogP) is 2.03. The van der Waals surface area contributed by atoms with Gasteiger partial charge in [-0.2, -0.15) is 10.1 Å². The van der Waals surface area contributed by atoms with Crippen LogP contribution in [0.1, 0.15) is 36.8 Å². The molecule has 2 rings (SSSR count). The maximum absolute atomic E-state index is 5.85. The van der Waals surface area contributed by atoms with Crippen LogP contribution in [0.4, 0.5) is 5.82 Å². The molecule has 0 aliphatic heterocycles. The standard InChI is InChI=1S/C13H20N6O/c1-7(2)11-15-12(17-14)9(4)13(16-11)20-10-6-8(3)18-19(10)5/h6-7H,14H2,1-5H3,(H,15,16,17). The summed E-state index contributed by atoms with van der Waals surface area (Å²) in [6.07, 6.45) is 0. The molecule has 2 heterocycles. The minimum atomic E-state index is 0.179. The second-order valence-corrected chi connectivity index (χ2v) is 5.01. The summed E-state index contributed by atoms with van der Waals surface area (Å²) in [4.78, 5) is 8.83. The highest BCUT2D eigenvalue weighted by Crippen LogP contribution is 2.28. The van der Waals surface area contributed by atoms with E-state index in [0.29, 0.717) is 23.4 Å². The number of nitrogens with zero attached hydrogens (tertiary/aromatic N) is 4. The number of ether oxygens (including phenoxy) is 1. The number of hydrazine groups is 1. The highest BCUT2D eigenvalue weighted by molar-refractivity contribution is 5.48. The Morgan fingerprint density at radius 2 is 2.00 bits per heavy atom. The van der Waals surface area contributed by atoms with Gasteiger partial charge in [0.05, 0.1) is 11.3 Å². The Kier molecular flexibility index (Phi) is 3.89. The number of aryl methyl sites for hydroxylation is 2. The molecule has 2 aromatic heterocycles. The van der Waals surface area contributed by atoms with Crippen molar-refractivity contribution in [2.75, 3.05) is 5.43 Å². The van der Waals surface area contributed by atoms with Gasteiger partial charge >= 0.3 is 0 Å². The first-order valence-electron chi connectivity index (χ1n) is 6.46. The molecule has 7 heteroatoms. The number of nitrogens with one attached hydrogen (secondary N) is 1. The smallest absolute Gasteiger partial charge is 0.229 e. The van der Waals surface area contributed by atoms with Crippen LogP contribution in [0.2, 0.25) is 0 Å². The van der Waals surface area contributed by atoms with Crippen LogP contribution in [-0.2, 0) is 7.05 Å². The topological polar surface area (TPSA) is 90.9 Å². The lowest BCUT2D eigenvalue weighted by atomic mass is 10.2. The van der Waals surface area contributed by atoms with E-state index >= 15 is 0 Å². The summed E-state index contributed by atoms with van der Waals surface area (Å²) in [6.45, 7) is 7.80. The van der Waals surface area contributed by atoms with Gasteiger partial charge in [0, 0.05) is 19.0 Å². The Morgan fingerprint density at radius 3 is 2.50 bits per heavy atom. The fourth-order valence-corrected chi connectivity index (χ4v) is 1.79. The number of rotatable bonds is 4. The van der Waals surface area contributed by atoms with Crippen molar-refractivity contribution in [3.05, 3.63) is 23.1 Å². The highest BCUT2D eigenvalue weighted by atomic mass is 16.5. The van der Waals surface area contributed by atoms with Gasteiger partial charge in [-0.3, -0.25) is 0 Å². The first-order chi connectivity index (χ1) is 9.42. The SMILES string of the molecule is Cc1cc(Oc2nc(C(C)C)nc(NN)c2C)n(C)n1. The van der Waals surface area contributed by atoms with Gasteiger partial charge in [-0.25, -0.2) is 15.5 Å². The van der Waals surface area contributed by atoms with Crippen molar-refractivity contribution in [2.24, 2.45) is 12.9 Å². The number of nitrogen functional groups attached to an aromatic ring is 1. The average molecular weight is 276 g/mol. The summed E-state index contributed by atoms with van der Waals surface area (Å²) in [5.74, 6) is 8.04. The van der Waals surface area contributed by atoms with Crippen LogP contribution >= 0.6 is 0 Å². The maximum atomic E-state index is 5.85. The molecule has 7 nitrogen and oxygen atoms in total. The van der Waals surface area contributed by atoms with Crippen molar-refractivity contribution >= 4 is 5.82 Å². The Morgan fingerprint density at radius 1 is 1.30 bits per heavy atom. The van der Waals surface area contributed by atoms with Crippen molar-refractivity contribution in [1.82, 2.24) is 19.7 Å². The molecule has 0 radical (unpaired) electrons. The fraction of sp³-hybridized carbons (Fsp3) is 0.462. The largest absolute Gasteiger partial charge is 0.420 e. The zero-order chi connectivity index (χ0) is 14.9. The molecular formula is C13H20N6O. The Hall–Kier alpha value is -2.15. The molecule has 0 aromatic carbocycles. The second kappa shape index (κ2) is 5.46. The highest BCUT2D eigenvalue weighted by Gasteiger charge is 2.15. The van der Waals surface area contributed by atoms with E-state index in [-0.39, 0.29) is 5.92 Å². The molecule has 0 fully saturated rings. The number of aromatic nitrogens is 4. The Bertz CT molecular complexity index is 620. The predicted molar refractivity (Wildman–Crippen MR) is 76.7 cm³/mol. The van der Waals surface area contributed by atoms with E-state index in [1.807, 2.05) is 40.8 Å². The van der Waals surface area contributed by atoms with E-state index in [4.69, 9.17) is 10.6 Å². The minimum Gasteiger partial charge on any atom is -0.420 e. The zero-order valence-corrected chi connectivity index (χ0v) is 12.4. The van der Waals surface area contributed by atoms with Crippen molar-refractivity contribution in [1.29, 1.82) is 0 Å². The van der Waals surface area contributed by atoms with Crippen molar-refractivity contribution in [3.63, 3.8) is 0 Å². The minimum absolute atomic E-state index is 0.179. The molecule has 108 valence electrons. The van der Waals surface area contributed by atoms with E-state index in [1.165, 1.54) is 0 Å². The molecule has 0 aliphatic rings. The summed E-state index contributed by atoms with van der Waals surface area (Å²) >= 11 is 0. The number of nitrogens with two attached hydrogens (primary N) is 1. The average Bonchev–Trinajstić information content (AvgIpc) is 2.70. The van der Waals surface area contributed by atoms with E-state index in [2.05, 4.69) is 20.5 Å². The molecule has 0 saturated carbocycles. The summed E-state index contributed by atoms with van der Waals surface area (Å²) < 4.78 is 7.52. The third-order valence-electron chi connectivity index (χ3n) is 2.93. The van der Waals surface area contributed by atoms with Gasteiger partial charge in [0.25, 0.3) is 0 Å². The quantitative estimate of drug-likeness (QED) is 0.656. The molecular weight excluding hydrogens is 256 g/mol. The molecule has 3 N–H and O–H groups in total. The van der Waals surface area contributed by atoms with Crippen LogP contribution in [0.25, 0.3) is 0 Å². The number of hydrogen-bond acceptors (Lipinski definition) is 6. The summed E-state index contributed by atoms with van der Waals surface area (Å²) in [5, 5.41) is 4.24. The molecule has 0 amide bonds. The van der Waals surface area contributed by atoms with Gasteiger partial charge in [-0.15, -0.1) is 0 Å². The van der Waals surface area contributed by atoms with Gasteiger partial charge in [0.1, 0.15) is 5.82 Å². The van der Waals surface area contributed by atoms with E-state index in [1.54, 1.807) is 4.68 Å². The van der Waals surface area contributed by atoms with Crippen LogP contribution < -0.4 is 16.0 Å². The van der Waals surface area contributed by atoms with Gasteiger partial charge in [0.15, 0.2) is 5.82 Å². The first kappa shape index (κ1) is 14.3. The fourth-order valence-electron chi connectivity index (χ4n) is 1.79. The molecule has 0 saturated heterocycles. The lowest BCUT2D eigenvalue weighted by Gasteiger charge is -2.13. The van der Waals surface area contributed by atoms with Crippen LogP contribution in [0.15, 0.2) is 6.07 Å². The second-order valence-electron chi connectivity index (χ2n) is 5.01. The van der Waals surface area contributed by atoms with Crippen molar-refractivity contribution < 1.29 is 4.74 Å². The lowest BCUT2D eigenvalue weighted by molar-refractivity contribution is 0.408. The summed E-state index contributed by atoms with van der Waals surface area (Å²) in [5.41, 5.74) is 4.23. The van der Waals surface area contributed by atoms with Gasteiger partial charge < -0.3 is 10.2 Å². The molecule has 2 aromatic rings. The van der Waals surface area contributed by atoms with Crippen molar-refractivity contribution in [2.45, 2.75) is 33.6 Å². The Balaban J connectivity index is 2.44. The van der Waals surface area contributed by atoms with Gasteiger partial charge in [0.2, 0.25) is 11.8 Å². The maximum Gasteiger partial charge on any atom is 0.229 e. The first-order valence-corrected chi connectivity index (χ1v) is 6.46.